The molecule has 0 bridgehead atoms. The number of aromatic nitrogens is 2. The highest BCUT2D eigenvalue weighted by Crippen LogP contribution is 2.25. The van der Waals surface area contributed by atoms with Gasteiger partial charge in [0.25, 0.3) is 0 Å². The molecule has 0 aromatic carbocycles. The summed E-state index contributed by atoms with van der Waals surface area (Å²) in [5.41, 5.74) is 2.47. The maximum Gasteiger partial charge on any atom is 0.192 e. The normalized spacial score (nSPS) is 14.4. The van der Waals surface area contributed by atoms with E-state index in [1.165, 1.54) is 35.6 Å². The van der Waals surface area contributed by atoms with Crippen LogP contribution in [0.25, 0.3) is 0 Å². The molecule has 0 fully saturated rings. The molecule has 0 spiro atoms. The fraction of sp³-hybridized carbons (Fsp3) is 0.429. The smallest absolute Gasteiger partial charge is 0.192 e. The number of ketones is 1. The summed E-state index contributed by atoms with van der Waals surface area (Å²) in [6, 6.07) is 3.81. The minimum Gasteiger partial charge on any atom is -0.324 e. The molecule has 0 radical (unpaired) electrons. The summed E-state index contributed by atoms with van der Waals surface area (Å²) in [5, 5.41) is 0. The number of carbonyl (C=O) groups is 1. The van der Waals surface area contributed by atoms with Gasteiger partial charge in [-0.2, -0.15) is 0 Å². The molecule has 2 heterocycles. The molecule has 3 nitrogen and oxygen atoms in total. The van der Waals surface area contributed by atoms with Crippen LogP contribution in [-0.4, -0.2) is 15.3 Å². The highest BCUT2D eigenvalue weighted by Gasteiger charge is 2.20. The van der Waals surface area contributed by atoms with Crippen molar-refractivity contribution in [2.75, 3.05) is 0 Å². The lowest BCUT2D eigenvalue weighted by atomic mass is 10.0. The molecule has 3 rings (SSSR count). The molecule has 19 heavy (non-hydrogen) atoms. The van der Waals surface area contributed by atoms with E-state index < -0.39 is 0 Å². The maximum absolute atomic E-state index is 12.3. The average Bonchev–Trinajstić information content (AvgIpc) is 2.95. The van der Waals surface area contributed by atoms with Crippen LogP contribution in [0.1, 0.15) is 39.7 Å². The Balaban J connectivity index is 1.87. The second kappa shape index (κ2) is 5.21. The van der Waals surface area contributed by atoms with Gasteiger partial charge in [0.05, 0.1) is 20.9 Å². The molecule has 2 aromatic heterocycles. The first-order valence-corrected chi connectivity index (χ1v) is 8.09. The molecule has 0 aliphatic heterocycles. The van der Waals surface area contributed by atoms with Crippen LogP contribution in [0.4, 0.5) is 0 Å². The first-order valence-electron chi connectivity index (χ1n) is 6.48. The monoisotopic (exact) mass is 338 g/mol. The van der Waals surface area contributed by atoms with E-state index in [4.69, 9.17) is 0 Å². The molecule has 2 aromatic rings. The predicted octanol–water partition coefficient (Wildman–Crippen LogP) is 3.78. The average molecular weight is 339 g/mol. The fourth-order valence-electron chi connectivity index (χ4n) is 2.63. The van der Waals surface area contributed by atoms with E-state index in [0.717, 1.165) is 27.3 Å². The number of rotatable bonds is 3. The van der Waals surface area contributed by atoms with Crippen LogP contribution >= 0.6 is 27.3 Å². The second-order valence-electron chi connectivity index (χ2n) is 4.87. The van der Waals surface area contributed by atoms with Crippen molar-refractivity contribution in [3.63, 3.8) is 0 Å². The fourth-order valence-corrected chi connectivity index (χ4v) is 3.95. The van der Waals surface area contributed by atoms with Crippen LogP contribution < -0.4 is 0 Å². The van der Waals surface area contributed by atoms with Crippen molar-refractivity contribution in [3.8, 4) is 0 Å². The Labute approximate surface area is 124 Å². The van der Waals surface area contributed by atoms with Gasteiger partial charge in [-0.3, -0.25) is 4.79 Å². The van der Waals surface area contributed by atoms with Gasteiger partial charge < -0.3 is 4.57 Å². The third-order valence-corrected chi connectivity index (χ3v) is 5.24. The van der Waals surface area contributed by atoms with Gasteiger partial charge >= 0.3 is 0 Å². The Hall–Kier alpha value is -0.940. The van der Waals surface area contributed by atoms with Gasteiger partial charge in [0.2, 0.25) is 0 Å². The van der Waals surface area contributed by atoms with Gasteiger partial charge in [0.15, 0.2) is 5.78 Å². The number of hydrogen-bond acceptors (Lipinski definition) is 3. The van der Waals surface area contributed by atoms with E-state index in [0.29, 0.717) is 6.54 Å². The zero-order valence-corrected chi connectivity index (χ0v) is 13.2. The van der Waals surface area contributed by atoms with E-state index in [-0.39, 0.29) is 5.78 Å². The molecule has 0 atom stereocenters. The molecule has 0 saturated heterocycles. The Bertz CT molecular complexity index is 629. The largest absolute Gasteiger partial charge is 0.324 e. The van der Waals surface area contributed by atoms with E-state index in [1.54, 1.807) is 0 Å². The Kier molecular flexibility index (Phi) is 3.58. The molecule has 0 N–H and O–H groups in total. The number of Topliss-reactive ketones (excluding diaryl/α,β-unsaturated/α-hetero) is 1. The lowest BCUT2D eigenvalue weighted by Gasteiger charge is -2.13. The summed E-state index contributed by atoms with van der Waals surface area (Å²) in [5.74, 6) is 1.14. The molecule has 0 unspecified atom stereocenters. The van der Waals surface area contributed by atoms with Gasteiger partial charge in [-0.05, 0) is 60.7 Å². The highest BCUT2D eigenvalue weighted by molar-refractivity contribution is 9.11. The number of thiophene rings is 1. The van der Waals surface area contributed by atoms with Crippen molar-refractivity contribution >= 4 is 33.0 Å². The van der Waals surface area contributed by atoms with Crippen LogP contribution in [-0.2, 0) is 19.4 Å². The van der Waals surface area contributed by atoms with E-state index in [1.807, 2.05) is 19.1 Å². The van der Waals surface area contributed by atoms with Crippen LogP contribution in [0.15, 0.2) is 15.9 Å². The summed E-state index contributed by atoms with van der Waals surface area (Å²) in [6.45, 7) is 2.41. The third-order valence-electron chi connectivity index (χ3n) is 3.57. The van der Waals surface area contributed by atoms with Crippen molar-refractivity contribution in [1.82, 2.24) is 9.55 Å². The number of fused-ring (bicyclic) bond motifs is 1. The van der Waals surface area contributed by atoms with E-state index in [2.05, 4.69) is 25.5 Å². The molecule has 0 saturated carbocycles. The zero-order valence-electron chi connectivity index (χ0n) is 10.8. The van der Waals surface area contributed by atoms with Crippen LogP contribution in [0, 0.1) is 6.92 Å². The van der Waals surface area contributed by atoms with Gasteiger partial charge in [-0.1, -0.05) is 0 Å². The number of nitrogens with zero attached hydrogens (tertiary/aromatic N) is 2. The summed E-state index contributed by atoms with van der Waals surface area (Å²) in [4.78, 5) is 17.7. The first kappa shape index (κ1) is 13.1. The SMILES string of the molecule is Cc1nc2c(n1CC(=O)c1ccc(Br)s1)CCCC2. The van der Waals surface area contributed by atoms with Crippen molar-refractivity contribution in [2.45, 2.75) is 39.2 Å². The topological polar surface area (TPSA) is 34.9 Å². The van der Waals surface area contributed by atoms with Crippen molar-refractivity contribution in [2.24, 2.45) is 0 Å². The third kappa shape index (κ3) is 2.54. The molecule has 1 aliphatic carbocycles. The lowest BCUT2D eigenvalue weighted by Crippen LogP contribution is -2.15. The Morgan fingerprint density at radius 2 is 2.21 bits per heavy atom. The minimum absolute atomic E-state index is 0.171. The molecule has 1 aliphatic rings. The summed E-state index contributed by atoms with van der Waals surface area (Å²) < 4.78 is 3.10. The number of hydrogen-bond donors (Lipinski definition) is 0. The second-order valence-corrected chi connectivity index (χ2v) is 7.34. The predicted molar refractivity (Wildman–Crippen MR) is 80.0 cm³/mol. The van der Waals surface area contributed by atoms with Crippen LogP contribution in [0.2, 0.25) is 0 Å². The molecule has 5 heteroatoms. The Morgan fingerprint density at radius 3 is 2.95 bits per heavy atom. The quantitative estimate of drug-likeness (QED) is 0.798. The molecular formula is C14H15BrN2OS. The van der Waals surface area contributed by atoms with Gasteiger partial charge in [0, 0.05) is 5.69 Å². The summed E-state index contributed by atoms with van der Waals surface area (Å²) >= 11 is 4.89. The zero-order chi connectivity index (χ0) is 13.4. The van der Waals surface area contributed by atoms with Crippen molar-refractivity contribution < 1.29 is 4.79 Å². The lowest BCUT2D eigenvalue weighted by molar-refractivity contribution is 0.0974. The number of halogens is 1. The Morgan fingerprint density at radius 1 is 1.42 bits per heavy atom. The molecular weight excluding hydrogens is 324 g/mol. The number of carbonyl (C=O) groups excluding carboxylic acids is 1. The van der Waals surface area contributed by atoms with Crippen molar-refractivity contribution in [1.29, 1.82) is 0 Å². The van der Waals surface area contributed by atoms with Crippen molar-refractivity contribution in [3.05, 3.63) is 38.0 Å². The number of imidazole rings is 1. The molecule has 100 valence electrons. The standard InChI is InChI=1S/C14H15BrN2OS/c1-9-16-10-4-2-3-5-11(10)17(9)8-12(18)13-6-7-14(15)19-13/h6-7H,2-5,8H2,1H3. The minimum atomic E-state index is 0.171. The first-order chi connectivity index (χ1) is 9.15. The summed E-state index contributed by atoms with van der Waals surface area (Å²) in [7, 11) is 0. The highest BCUT2D eigenvalue weighted by atomic mass is 79.9. The van der Waals surface area contributed by atoms with Gasteiger partial charge in [-0.15, -0.1) is 11.3 Å². The van der Waals surface area contributed by atoms with Gasteiger partial charge in [0.1, 0.15) is 5.82 Å². The van der Waals surface area contributed by atoms with Crippen LogP contribution in [0.3, 0.4) is 0 Å². The van der Waals surface area contributed by atoms with E-state index in [9.17, 15) is 4.79 Å². The van der Waals surface area contributed by atoms with Gasteiger partial charge in [-0.25, -0.2) is 4.98 Å². The summed E-state index contributed by atoms with van der Waals surface area (Å²) in [6.07, 6.45) is 4.53. The number of aryl methyl sites for hydroxylation is 2. The van der Waals surface area contributed by atoms with E-state index >= 15 is 0 Å². The van der Waals surface area contributed by atoms with Crippen LogP contribution in [0.5, 0.6) is 0 Å². The maximum atomic E-state index is 12.3. The molecule has 0 amide bonds.